The fraction of sp³-hybridized carbons (Fsp3) is 0.778. The number of rotatable bonds is 6. The van der Waals surface area contributed by atoms with Crippen LogP contribution in [0.2, 0.25) is 0 Å². The van der Waals surface area contributed by atoms with Gasteiger partial charge in [0.25, 0.3) is 0 Å². The Kier molecular flexibility index (Phi) is 4.55. The second-order valence-electron chi connectivity index (χ2n) is 3.43. The third kappa shape index (κ3) is 3.43. The average molecular weight is 198 g/mol. The molecule has 1 rings (SSSR count). The van der Waals surface area contributed by atoms with Crippen molar-refractivity contribution in [3.05, 3.63) is 12.2 Å². The molecular weight excluding hydrogens is 180 g/mol. The van der Waals surface area contributed by atoms with E-state index in [9.17, 15) is 5.11 Å². The lowest BCUT2D eigenvalue weighted by atomic mass is 10.2. The smallest absolute Gasteiger partial charge is 0.146 e. The second kappa shape index (κ2) is 5.72. The Hall–Kier alpha value is -0.940. The van der Waals surface area contributed by atoms with Crippen molar-refractivity contribution in [2.24, 2.45) is 7.05 Å². The summed E-state index contributed by atoms with van der Waals surface area (Å²) in [5.41, 5.74) is 0. The van der Waals surface area contributed by atoms with Crippen LogP contribution in [0.25, 0.3) is 0 Å². The molecule has 0 amide bonds. The molecule has 1 aromatic heterocycles. The van der Waals surface area contributed by atoms with Crippen molar-refractivity contribution >= 4 is 0 Å². The van der Waals surface area contributed by atoms with Gasteiger partial charge in [0.05, 0.1) is 12.6 Å². The molecule has 1 heterocycles. The van der Waals surface area contributed by atoms with E-state index in [0.29, 0.717) is 13.1 Å². The lowest BCUT2D eigenvalue weighted by Crippen LogP contribution is -2.27. The van der Waals surface area contributed by atoms with E-state index in [1.165, 1.54) is 0 Å². The van der Waals surface area contributed by atoms with Gasteiger partial charge in [0.15, 0.2) is 0 Å². The summed E-state index contributed by atoms with van der Waals surface area (Å²) in [5.74, 6) is 0.883. The maximum absolute atomic E-state index is 9.44. The minimum absolute atomic E-state index is 0.256. The fourth-order valence-electron chi connectivity index (χ4n) is 1.25. The van der Waals surface area contributed by atoms with E-state index >= 15 is 0 Å². The summed E-state index contributed by atoms with van der Waals surface area (Å²) < 4.78 is 1.86. The van der Waals surface area contributed by atoms with Crippen LogP contribution in [0.4, 0.5) is 0 Å². The van der Waals surface area contributed by atoms with E-state index in [2.05, 4.69) is 22.4 Å². The molecule has 0 spiro atoms. The van der Waals surface area contributed by atoms with Gasteiger partial charge in [-0.15, -0.1) is 10.2 Å². The van der Waals surface area contributed by atoms with Crippen molar-refractivity contribution in [3.8, 4) is 0 Å². The number of aliphatic hydroxyl groups is 1. The van der Waals surface area contributed by atoms with Crippen LogP contribution in [0, 0.1) is 0 Å². The molecular formula is C9H18N4O. The quantitative estimate of drug-likeness (QED) is 0.679. The third-order valence-electron chi connectivity index (χ3n) is 2.09. The number of nitrogens with zero attached hydrogens (tertiary/aromatic N) is 3. The van der Waals surface area contributed by atoms with Gasteiger partial charge in [-0.2, -0.15) is 0 Å². The maximum Gasteiger partial charge on any atom is 0.146 e. The molecule has 0 saturated heterocycles. The monoisotopic (exact) mass is 198 g/mol. The van der Waals surface area contributed by atoms with Gasteiger partial charge in [-0.3, -0.25) is 0 Å². The summed E-state index contributed by atoms with van der Waals surface area (Å²) in [4.78, 5) is 0. The van der Waals surface area contributed by atoms with E-state index in [1.807, 2.05) is 11.6 Å². The highest BCUT2D eigenvalue weighted by molar-refractivity contribution is 4.83. The Morgan fingerprint density at radius 2 is 2.43 bits per heavy atom. The molecule has 0 aromatic carbocycles. The Morgan fingerprint density at radius 3 is 3.00 bits per heavy atom. The van der Waals surface area contributed by atoms with Crippen LogP contribution >= 0.6 is 0 Å². The number of nitrogens with one attached hydrogen (secondary N) is 1. The summed E-state index contributed by atoms with van der Waals surface area (Å²) in [6.45, 7) is 3.32. The van der Waals surface area contributed by atoms with Crippen molar-refractivity contribution in [1.82, 2.24) is 20.1 Å². The van der Waals surface area contributed by atoms with Crippen molar-refractivity contribution in [2.45, 2.75) is 32.4 Å². The van der Waals surface area contributed by atoms with Crippen LogP contribution in [0.15, 0.2) is 6.33 Å². The van der Waals surface area contributed by atoms with Crippen LogP contribution in [-0.2, 0) is 13.6 Å². The number of hydrogen-bond donors (Lipinski definition) is 2. The highest BCUT2D eigenvalue weighted by Gasteiger charge is 2.03. The molecule has 0 bridgehead atoms. The van der Waals surface area contributed by atoms with E-state index in [4.69, 9.17) is 0 Å². The average Bonchev–Trinajstić information content (AvgIpc) is 2.52. The highest BCUT2D eigenvalue weighted by Crippen LogP contribution is 1.95. The van der Waals surface area contributed by atoms with Crippen LogP contribution in [0.5, 0.6) is 0 Å². The van der Waals surface area contributed by atoms with Crippen molar-refractivity contribution in [2.75, 3.05) is 6.54 Å². The van der Waals surface area contributed by atoms with Gasteiger partial charge in [0.2, 0.25) is 0 Å². The molecule has 0 saturated carbocycles. The molecule has 5 heteroatoms. The summed E-state index contributed by atoms with van der Waals surface area (Å²) >= 11 is 0. The Balaban J connectivity index is 2.19. The number of aryl methyl sites for hydroxylation is 1. The standard InChI is InChI=1S/C9H18N4O/c1-3-4-8(14)5-10-6-9-12-11-7-13(9)2/h7-8,10,14H,3-6H2,1-2H3. The third-order valence-corrected chi connectivity index (χ3v) is 2.09. The van der Waals surface area contributed by atoms with Gasteiger partial charge in [-0.25, -0.2) is 0 Å². The second-order valence-corrected chi connectivity index (χ2v) is 3.43. The molecule has 1 unspecified atom stereocenters. The zero-order valence-electron chi connectivity index (χ0n) is 8.77. The predicted octanol–water partition coefficient (Wildman–Crippen LogP) is 0.0657. The first-order valence-corrected chi connectivity index (χ1v) is 4.95. The zero-order chi connectivity index (χ0) is 10.4. The summed E-state index contributed by atoms with van der Waals surface area (Å²) in [7, 11) is 1.90. The van der Waals surface area contributed by atoms with Crippen LogP contribution in [0.3, 0.4) is 0 Å². The summed E-state index contributed by atoms with van der Waals surface area (Å²) in [6, 6.07) is 0. The van der Waals surface area contributed by atoms with Gasteiger partial charge < -0.3 is 15.0 Å². The van der Waals surface area contributed by atoms with Gasteiger partial charge in [0, 0.05) is 13.6 Å². The molecule has 0 aliphatic rings. The first-order valence-electron chi connectivity index (χ1n) is 4.95. The summed E-state index contributed by atoms with van der Waals surface area (Å²) in [5, 5.41) is 20.3. The number of aliphatic hydroxyl groups excluding tert-OH is 1. The summed E-state index contributed by atoms with van der Waals surface area (Å²) in [6.07, 6.45) is 3.26. The number of hydrogen-bond acceptors (Lipinski definition) is 4. The Bertz CT molecular complexity index is 261. The number of aromatic nitrogens is 3. The molecule has 80 valence electrons. The lowest BCUT2D eigenvalue weighted by molar-refractivity contribution is 0.160. The maximum atomic E-state index is 9.44. The molecule has 5 nitrogen and oxygen atoms in total. The minimum atomic E-state index is -0.256. The van der Waals surface area contributed by atoms with Gasteiger partial charge in [-0.1, -0.05) is 13.3 Å². The van der Waals surface area contributed by atoms with Crippen LogP contribution < -0.4 is 5.32 Å². The topological polar surface area (TPSA) is 63.0 Å². The van der Waals surface area contributed by atoms with Gasteiger partial charge >= 0.3 is 0 Å². The van der Waals surface area contributed by atoms with Crippen molar-refractivity contribution in [3.63, 3.8) is 0 Å². The Morgan fingerprint density at radius 1 is 1.64 bits per heavy atom. The first kappa shape index (κ1) is 11.1. The van der Waals surface area contributed by atoms with Crippen LogP contribution in [-0.4, -0.2) is 32.5 Å². The molecule has 0 aliphatic heterocycles. The Labute approximate surface area is 84.2 Å². The molecule has 0 aliphatic carbocycles. The van der Waals surface area contributed by atoms with E-state index in [1.54, 1.807) is 6.33 Å². The van der Waals surface area contributed by atoms with E-state index in [-0.39, 0.29) is 6.10 Å². The lowest BCUT2D eigenvalue weighted by Gasteiger charge is -2.09. The molecule has 14 heavy (non-hydrogen) atoms. The van der Waals surface area contributed by atoms with Gasteiger partial charge in [0.1, 0.15) is 12.2 Å². The normalized spacial score (nSPS) is 13.1. The molecule has 1 atom stereocenters. The molecule has 1 aromatic rings. The first-order chi connectivity index (χ1) is 6.74. The van der Waals surface area contributed by atoms with E-state index < -0.39 is 0 Å². The molecule has 2 N–H and O–H groups in total. The van der Waals surface area contributed by atoms with E-state index in [0.717, 1.165) is 18.7 Å². The van der Waals surface area contributed by atoms with Gasteiger partial charge in [-0.05, 0) is 6.42 Å². The zero-order valence-corrected chi connectivity index (χ0v) is 8.77. The van der Waals surface area contributed by atoms with Crippen LogP contribution in [0.1, 0.15) is 25.6 Å². The largest absolute Gasteiger partial charge is 0.392 e. The van der Waals surface area contributed by atoms with Crippen molar-refractivity contribution < 1.29 is 5.11 Å². The molecule has 0 fully saturated rings. The minimum Gasteiger partial charge on any atom is -0.392 e. The highest BCUT2D eigenvalue weighted by atomic mass is 16.3. The molecule has 0 radical (unpaired) electrons. The predicted molar refractivity (Wildman–Crippen MR) is 53.6 cm³/mol. The SMILES string of the molecule is CCCC(O)CNCc1nncn1C. The fourth-order valence-corrected chi connectivity index (χ4v) is 1.25. The van der Waals surface area contributed by atoms with Crippen molar-refractivity contribution in [1.29, 1.82) is 0 Å².